The third kappa shape index (κ3) is 1.82. The standard InChI is InChI=1S/C19H28O/c1-13-10-11-19(4)16-12-15(20-5)8-6-14(16)7-9-17(19)18(13,2)3/h6,8,12-13,17H,7,9-11H2,1-5H3. The number of hydrogen-bond acceptors (Lipinski definition) is 1. The number of methoxy groups -OCH3 is 1. The SMILES string of the molecule is COc1ccc2c(c1)C1(C)CCC(C)C(C)(C)C1CC2. The molecule has 20 heavy (non-hydrogen) atoms. The number of fused-ring (bicyclic) bond motifs is 3. The Kier molecular flexibility index (Phi) is 3.15. The number of rotatable bonds is 1. The van der Waals surface area contributed by atoms with Crippen molar-refractivity contribution in [2.24, 2.45) is 17.3 Å². The maximum Gasteiger partial charge on any atom is 0.119 e. The lowest BCUT2D eigenvalue weighted by molar-refractivity contribution is -0.00604. The zero-order chi connectivity index (χ0) is 14.5. The molecule has 110 valence electrons. The second kappa shape index (κ2) is 4.51. The van der Waals surface area contributed by atoms with Crippen LogP contribution < -0.4 is 4.74 Å². The number of aryl methyl sites for hydroxylation is 1. The first kappa shape index (κ1) is 14.0. The van der Waals surface area contributed by atoms with Crippen LogP contribution in [-0.2, 0) is 11.8 Å². The summed E-state index contributed by atoms with van der Waals surface area (Å²) in [4.78, 5) is 0. The normalized spacial score (nSPS) is 35.0. The Balaban J connectivity index is 2.10. The smallest absolute Gasteiger partial charge is 0.119 e. The number of hydrogen-bond donors (Lipinski definition) is 0. The molecule has 1 nitrogen and oxygen atoms in total. The Labute approximate surface area is 123 Å². The molecule has 0 N–H and O–H groups in total. The van der Waals surface area contributed by atoms with Gasteiger partial charge in [-0.3, -0.25) is 0 Å². The Hall–Kier alpha value is -0.980. The lowest BCUT2D eigenvalue weighted by atomic mass is 9.48. The summed E-state index contributed by atoms with van der Waals surface area (Å²) in [6, 6.07) is 6.73. The van der Waals surface area contributed by atoms with Crippen LogP contribution in [0.5, 0.6) is 5.75 Å². The van der Waals surface area contributed by atoms with E-state index in [0.717, 1.165) is 17.6 Å². The van der Waals surface area contributed by atoms with Crippen molar-refractivity contribution in [3.63, 3.8) is 0 Å². The molecule has 3 atom stereocenters. The molecule has 3 unspecified atom stereocenters. The van der Waals surface area contributed by atoms with Crippen molar-refractivity contribution < 1.29 is 4.74 Å². The summed E-state index contributed by atoms with van der Waals surface area (Å²) >= 11 is 0. The minimum absolute atomic E-state index is 0.331. The van der Waals surface area contributed by atoms with Gasteiger partial charge in [0.15, 0.2) is 0 Å². The van der Waals surface area contributed by atoms with Gasteiger partial charge >= 0.3 is 0 Å². The highest BCUT2D eigenvalue weighted by atomic mass is 16.5. The first-order chi connectivity index (χ1) is 9.39. The Morgan fingerprint density at radius 2 is 1.90 bits per heavy atom. The van der Waals surface area contributed by atoms with Gasteiger partial charge < -0.3 is 4.74 Å². The molecule has 2 aliphatic carbocycles. The van der Waals surface area contributed by atoms with E-state index in [-0.39, 0.29) is 0 Å². The maximum absolute atomic E-state index is 5.48. The molecule has 0 heterocycles. The molecule has 3 rings (SSSR count). The lowest BCUT2D eigenvalue weighted by Crippen LogP contribution is -2.51. The van der Waals surface area contributed by atoms with Gasteiger partial charge in [-0.2, -0.15) is 0 Å². The fraction of sp³-hybridized carbons (Fsp3) is 0.684. The molecule has 0 spiro atoms. The zero-order valence-corrected chi connectivity index (χ0v) is 13.6. The minimum Gasteiger partial charge on any atom is -0.497 e. The van der Waals surface area contributed by atoms with Crippen LogP contribution in [0.3, 0.4) is 0 Å². The van der Waals surface area contributed by atoms with E-state index in [1.54, 1.807) is 18.2 Å². The molecule has 2 aliphatic rings. The van der Waals surface area contributed by atoms with E-state index in [0.29, 0.717) is 10.8 Å². The zero-order valence-electron chi connectivity index (χ0n) is 13.6. The predicted octanol–water partition coefficient (Wildman–Crippen LogP) is 4.97. The fourth-order valence-corrected chi connectivity index (χ4v) is 4.97. The van der Waals surface area contributed by atoms with Crippen LogP contribution >= 0.6 is 0 Å². The van der Waals surface area contributed by atoms with Crippen LogP contribution in [0.4, 0.5) is 0 Å². The molecule has 0 aromatic heterocycles. The summed E-state index contributed by atoms with van der Waals surface area (Å²) in [6.45, 7) is 9.93. The lowest BCUT2D eigenvalue weighted by Gasteiger charge is -2.57. The molecule has 1 fully saturated rings. The van der Waals surface area contributed by atoms with E-state index >= 15 is 0 Å². The Morgan fingerprint density at radius 3 is 2.60 bits per heavy atom. The van der Waals surface area contributed by atoms with Gasteiger partial charge in [0.05, 0.1) is 7.11 Å². The van der Waals surface area contributed by atoms with Crippen molar-refractivity contribution in [1.29, 1.82) is 0 Å². The van der Waals surface area contributed by atoms with Gasteiger partial charge in [-0.05, 0) is 71.6 Å². The van der Waals surface area contributed by atoms with E-state index in [4.69, 9.17) is 4.74 Å². The molecule has 1 saturated carbocycles. The van der Waals surface area contributed by atoms with E-state index in [9.17, 15) is 0 Å². The summed E-state index contributed by atoms with van der Waals surface area (Å²) in [7, 11) is 1.78. The third-order valence-corrected chi connectivity index (χ3v) is 6.67. The molecule has 0 amide bonds. The quantitative estimate of drug-likeness (QED) is 0.701. The van der Waals surface area contributed by atoms with Gasteiger partial charge in [0.2, 0.25) is 0 Å². The van der Waals surface area contributed by atoms with Crippen molar-refractivity contribution in [3.05, 3.63) is 29.3 Å². The van der Waals surface area contributed by atoms with E-state index < -0.39 is 0 Å². The highest BCUT2D eigenvalue weighted by Gasteiger charge is 2.52. The second-order valence-corrected chi connectivity index (χ2v) is 7.79. The second-order valence-electron chi connectivity index (χ2n) is 7.79. The van der Waals surface area contributed by atoms with Gasteiger partial charge in [-0.15, -0.1) is 0 Å². The van der Waals surface area contributed by atoms with Crippen LogP contribution in [0.25, 0.3) is 0 Å². The average Bonchev–Trinajstić information content (AvgIpc) is 2.43. The van der Waals surface area contributed by atoms with Gasteiger partial charge in [-0.25, -0.2) is 0 Å². The molecule has 1 heteroatoms. The summed E-state index contributed by atoms with van der Waals surface area (Å²) in [5, 5.41) is 0. The van der Waals surface area contributed by atoms with Crippen LogP contribution in [0, 0.1) is 17.3 Å². The Morgan fingerprint density at radius 1 is 1.15 bits per heavy atom. The first-order valence-electron chi connectivity index (χ1n) is 8.07. The summed E-state index contributed by atoms with van der Waals surface area (Å²) in [5.74, 6) is 2.63. The fourth-order valence-electron chi connectivity index (χ4n) is 4.97. The van der Waals surface area contributed by atoms with Crippen molar-refractivity contribution in [2.75, 3.05) is 7.11 Å². The van der Waals surface area contributed by atoms with Crippen molar-refractivity contribution in [3.8, 4) is 5.75 Å². The van der Waals surface area contributed by atoms with Gasteiger partial charge in [0, 0.05) is 0 Å². The van der Waals surface area contributed by atoms with Crippen LogP contribution in [0.15, 0.2) is 18.2 Å². The number of benzene rings is 1. The molecule has 1 aromatic carbocycles. The monoisotopic (exact) mass is 272 g/mol. The highest BCUT2D eigenvalue weighted by Crippen LogP contribution is 2.59. The van der Waals surface area contributed by atoms with E-state index in [1.165, 1.54) is 25.7 Å². The largest absolute Gasteiger partial charge is 0.497 e. The van der Waals surface area contributed by atoms with Crippen molar-refractivity contribution in [1.82, 2.24) is 0 Å². The third-order valence-electron chi connectivity index (χ3n) is 6.67. The molecule has 1 aromatic rings. The maximum atomic E-state index is 5.48. The van der Waals surface area contributed by atoms with Crippen molar-refractivity contribution in [2.45, 2.75) is 58.8 Å². The highest BCUT2D eigenvalue weighted by molar-refractivity contribution is 5.43. The molecule has 0 bridgehead atoms. The van der Waals surface area contributed by atoms with E-state index in [2.05, 4.69) is 45.9 Å². The summed E-state index contributed by atoms with van der Waals surface area (Å²) < 4.78 is 5.48. The first-order valence-corrected chi connectivity index (χ1v) is 8.07. The predicted molar refractivity (Wildman–Crippen MR) is 84.3 cm³/mol. The topological polar surface area (TPSA) is 9.23 Å². The minimum atomic E-state index is 0.331. The molecule has 0 radical (unpaired) electrons. The number of ether oxygens (including phenoxy) is 1. The Bertz CT molecular complexity index is 516. The van der Waals surface area contributed by atoms with Gasteiger partial charge in [-0.1, -0.05) is 33.8 Å². The van der Waals surface area contributed by atoms with Crippen LogP contribution in [0.1, 0.15) is 58.1 Å². The summed E-state index contributed by atoms with van der Waals surface area (Å²) in [6.07, 6.45) is 5.24. The van der Waals surface area contributed by atoms with Crippen LogP contribution in [-0.4, -0.2) is 7.11 Å². The summed E-state index contributed by atoms with van der Waals surface area (Å²) in [5.41, 5.74) is 3.88. The van der Waals surface area contributed by atoms with Gasteiger partial charge in [0.25, 0.3) is 0 Å². The van der Waals surface area contributed by atoms with Gasteiger partial charge in [0.1, 0.15) is 5.75 Å². The van der Waals surface area contributed by atoms with E-state index in [1.807, 2.05) is 0 Å². The molecule has 0 saturated heterocycles. The molecular weight excluding hydrogens is 244 g/mol. The van der Waals surface area contributed by atoms with Crippen LogP contribution in [0.2, 0.25) is 0 Å². The average molecular weight is 272 g/mol. The van der Waals surface area contributed by atoms with Crippen molar-refractivity contribution >= 4 is 0 Å². The molecule has 0 aliphatic heterocycles. The molecular formula is C19H28O.